The lowest BCUT2D eigenvalue weighted by atomic mass is 10.3. The third-order valence-electron chi connectivity index (χ3n) is 0.713. The molecule has 0 amide bonds. The fraction of sp³-hybridized carbons (Fsp3) is 0.600. The molecule has 1 N–H and O–H groups in total. The molecule has 7 heavy (non-hydrogen) atoms. The van der Waals surface area contributed by atoms with Crippen molar-refractivity contribution in [2.75, 3.05) is 0 Å². The van der Waals surface area contributed by atoms with Crippen molar-refractivity contribution >= 4 is 22.6 Å². The van der Waals surface area contributed by atoms with Gasteiger partial charge in [-0.15, -0.1) is 0 Å². The fourth-order valence-electron chi connectivity index (χ4n) is 0.220. The second-order valence-electron chi connectivity index (χ2n) is 1.29. The Labute approximate surface area is 57.6 Å². The molecule has 0 heterocycles. The predicted molar refractivity (Wildman–Crippen MR) is 39.5 cm³/mol. The SMILES string of the molecule is CCC(O)/C=C/I. The largest absolute Gasteiger partial charge is 0.389 e. The van der Waals surface area contributed by atoms with Crippen molar-refractivity contribution in [2.24, 2.45) is 0 Å². The smallest absolute Gasteiger partial charge is 0.0725 e. The number of halogens is 1. The van der Waals surface area contributed by atoms with Crippen LogP contribution < -0.4 is 0 Å². The molecule has 0 aliphatic carbocycles. The summed E-state index contributed by atoms with van der Waals surface area (Å²) in [4.78, 5) is 0. The molecule has 0 fully saturated rings. The third-order valence-corrected chi connectivity index (χ3v) is 1.13. The topological polar surface area (TPSA) is 20.2 Å². The van der Waals surface area contributed by atoms with E-state index in [1.807, 2.05) is 11.0 Å². The lowest BCUT2D eigenvalue weighted by Crippen LogP contribution is -1.96. The maximum Gasteiger partial charge on any atom is 0.0725 e. The zero-order valence-electron chi connectivity index (χ0n) is 4.26. The van der Waals surface area contributed by atoms with Crippen LogP contribution in [0.2, 0.25) is 0 Å². The van der Waals surface area contributed by atoms with Gasteiger partial charge in [0.1, 0.15) is 0 Å². The van der Waals surface area contributed by atoms with Gasteiger partial charge in [0, 0.05) is 0 Å². The summed E-state index contributed by atoms with van der Waals surface area (Å²) >= 11 is 2.09. The molecule has 0 aromatic heterocycles. The van der Waals surface area contributed by atoms with Crippen molar-refractivity contribution in [2.45, 2.75) is 19.4 Å². The summed E-state index contributed by atoms with van der Waals surface area (Å²) in [5, 5.41) is 8.77. The van der Waals surface area contributed by atoms with Crippen LogP contribution in [0.5, 0.6) is 0 Å². The second-order valence-corrected chi connectivity index (χ2v) is 2.01. The molecular weight excluding hydrogens is 203 g/mol. The molecule has 1 nitrogen and oxygen atoms in total. The maximum absolute atomic E-state index is 8.77. The van der Waals surface area contributed by atoms with E-state index in [1.54, 1.807) is 6.08 Å². The highest BCUT2D eigenvalue weighted by molar-refractivity contribution is 14.1. The Morgan fingerprint density at radius 1 is 1.86 bits per heavy atom. The van der Waals surface area contributed by atoms with E-state index in [2.05, 4.69) is 22.6 Å². The molecule has 0 aromatic rings. The number of hydrogen-bond donors (Lipinski definition) is 1. The van der Waals surface area contributed by atoms with E-state index >= 15 is 0 Å². The predicted octanol–water partition coefficient (Wildman–Crippen LogP) is 1.71. The first-order chi connectivity index (χ1) is 3.31. The molecule has 2 heteroatoms. The van der Waals surface area contributed by atoms with Crippen molar-refractivity contribution in [3.63, 3.8) is 0 Å². The van der Waals surface area contributed by atoms with E-state index in [0.717, 1.165) is 6.42 Å². The van der Waals surface area contributed by atoms with Gasteiger partial charge in [-0.1, -0.05) is 35.6 Å². The normalized spacial score (nSPS) is 15.3. The molecule has 1 atom stereocenters. The summed E-state index contributed by atoms with van der Waals surface area (Å²) in [5.41, 5.74) is 0. The van der Waals surface area contributed by atoms with Gasteiger partial charge in [0.2, 0.25) is 0 Å². The van der Waals surface area contributed by atoms with Crippen molar-refractivity contribution in [3.8, 4) is 0 Å². The van der Waals surface area contributed by atoms with Crippen LogP contribution in [-0.4, -0.2) is 11.2 Å². The average Bonchev–Trinajstić information content (AvgIpc) is 1.68. The lowest BCUT2D eigenvalue weighted by molar-refractivity contribution is 0.219. The summed E-state index contributed by atoms with van der Waals surface area (Å²) in [5.74, 6) is 0. The molecular formula is C5H9IO. The van der Waals surface area contributed by atoms with Gasteiger partial charge in [0.25, 0.3) is 0 Å². The van der Waals surface area contributed by atoms with Crippen molar-refractivity contribution in [1.82, 2.24) is 0 Å². The molecule has 0 radical (unpaired) electrons. The average molecular weight is 212 g/mol. The van der Waals surface area contributed by atoms with Crippen molar-refractivity contribution in [1.29, 1.82) is 0 Å². The third kappa shape index (κ3) is 4.28. The Morgan fingerprint density at radius 2 is 2.43 bits per heavy atom. The van der Waals surface area contributed by atoms with Gasteiger partial charge >= 0.3 is 0 Å². The minimum Gasteiger partial charge on any atom is -0.389 e. The van der Waals surface area contributed by atoms with Crippen LogP contribution in [0.1, 0.15) is 13.3 Å². The Morgan fingerprint density at radius 3 is 2.57 bits per heavy atom. The maximum atomic E-state index is 8.77. The Hall–Kier alpha value is 0.430. The molecule has 0 aromatic carbocycles. The van der Waals surface area contributed by atoms with Gasteiger partial charge < -0.3 is 5.11 Å². The van der Waals surface area contributed by atoms with Crippen LogP contribution in [-0.2, 0) is 0 Å². The van der Waals surface area contributed by atoms with E-state index in [9.17, 15) is 0 Å². The van der Waals surface area contributed by atoms with E-state index in [1.165, 1.54) is 0 Å². The summed E-state index contributed by atoms with van der Waals surface area (Å²) < 4.78 is 1.83. The highest BCUT2D eigenvalue weighted by Gasteiger charge is 1.88. The van der Waals surface area contributed by atoms with Gasteiger partial charge in [0.05, 0.1) is 6.10 Å². The quantitative estimate of drug-likeness (QED) is 0.690. The molecule has 0 spiro atoms. The molecule has 1 unspecified atom stereocenters. The molecule has 42 valence electrons. The summed E-state index contributed by atoms with van der Waals surface area (Å²) in [7, 11) is 0. The number of aliphatic hydroxyl groups is 1. The first-order valence-electron chi connectivity index (χ1n) is 2.26. The van der Waals surface area contributed by atoms with Crippen LogP contribution in [0.15, 0.2) is 10.2 Å². The number of rotatable bonds is 2. The van der Waals surface area contributed by atoms with Crippen molar-refractivity contribution < 1.29 is 5.11 Å². The van der Waals surface area contributed by atoms with Crippen LogP contribution >= 0.6 is 22.6 Å². The van der Waals surface area contributed by atoms with E-state index in [-0.39, 0.29) is 6.10 Å². The van der Waals surface area contributed by atoms with Crippen molar-refractivity contribution in [3.05, 3.63) is 10.2 Å². The second kappa shape index (κ2) is 4.59. The zero-order chi connectivity index (χ0) is 5.70. The summed E-state index contributed by atoms with van der Waals surface area (Å²) in [6, 6.07) is 0. The van der Waals surface area contributed by atoms with E-state index in [0.29, 0.717) is 0 Å². The molecule has 0 saturated carbocycles. The van der Waals surface area contributed by atoms with Crippen LogP contribution in [0.25, 0.3) is 0 Å². The van der Waals surface area contributed by atoms with Gasteiger partial charge in [-0.25, -0.2) is 0 Å². The molecule has 0 aliphatic heterocycles. The molecule has 0 rings (SSSR count). The fourth-order valence-corrected chi connectivity index (χ4v) is 0.699. The number of aliphatic hydroxyl groups excluding tert-OH is 1. The molecule has 0 bridgehead atoms. The molecule has 0 saturated heterocycles. The van der Waals surface area contributed by atoms with Crippen LogP contribution in [0.3, 0.4) is 0 Å². The Bertz CT molecular complexity index is 61.1. The lowest BCUT2D eigenvalue weighted by Gasteiger charge is -1.94. The Kier molecular flexibility index (Phi) is 4.87. The van der Waals surface area contributed by atoms with Gasteiger partial charge in [-0.05, 0) is 10.5 Å². The minimum absolute atomic E-state index is 0.239. The first-order valence-corrected chi connectivity index (χ1v) is 3.50. The van der Waals surface area contributed by atoms with Gasteiger partial charge in [-0.3, -0.25) is 0 Å². The van der Waals surface area contributed by atoms with Gasteiger partial charge in [0.15, 0.2) is 0 Å². The highest BCUT2D eigenvalue weighted by Crippen LogP contribution is 1.93. The van der Waals surface area contributed by atoms with E-state index < -0.39 is 0 Å². The summed E-state index contributed by atoms with van der Waals surface area (Å²) in [6.07, 6.45) is 2.33. The van der Waals surface area contributed by atoms with Gasteiger partial charge in [-0.2, -0.15) is 0 Å². The molecule has 0 aliphatic rings. The van der Waals surface area contributed by atoms with E-state index in [4.69, 9.17) is 5.11 Å². The number of hydrogen-bond acceptors (Lipinski definition) is 1. The minimum atomic E-state index is -0.239. The monoisotopic (exact) mass is 212 g/mol. The first kappa shape index (κ1) is 7.43. The summed E-state index contributed by atoms with van der Waals surface area (Å²) in [6.45, 7) is 1.95. The highest BCUT2D eigenvalue weighted by atomic mass is 127. The standard InChI is InChI=1S/C5H9IO/c1-2-5(7)3-4-6/h3-5,7H,2H2,1H3/b4-3+. The van der Waals surface area contributed by atoms with Crippen LogP contribution in [0, 0.1) is 0 Å². The zero-order valence-corrected chi connectivity index (χ0v) is 6.42. The Balaban J connectivity index is 3.16. The van der Waals surface area contributed by atoms with Crippen LogP contribution in [0.4, 0.5) is 0 Å².